The highest BCUT2D eigenvalue weighted by Crippen LogP contribution is 2.45. The minimum Gasteiger partial charge on any atom is -0.456 e. The molecule has 0 atom stereocenters. The third kappa shape index (κ3) is 4.14. The van der Waals surface area contributed by atoms with E-state index >= 15 is 0 Å². The van der Waals surface area contributed by atoms with E-state index in [4.69, 9.17) is 9.47 Å². The maximum atomic E-state index is 12.8. The molecule has 5 rings (SSSR count). The molecule has 0 aliphatic heterocycles. The van der Waals surface area contributed by atoms with Crippen LogP contribution >= 0.6 is 0 Å². The Hall–Kier alpha value is -4.79. The molecule has 0 radical (unpaired) electrons. The molecule has 0 fully saturated rings. The van der Waals surface area contributed by atoms with Gasteiger partial charge >= 0.3 is 6.09 Å². The van der Waals surface area contributed by atoms with E-state index in [9.17, 15) is 4.79 Å². The number of nitrogens with one attached hydrogen (secondary N) is 1. The van der Waals surface area contributed by atoms with Gasteiger partial charge in [0.15, 0.2) is 0 Å². The van der Waals surface area contributed by atoms with Crippen LogP contribution in [0.1, 0.15) is 0 Å². The molecule has 164 valence electrons. The van der Waals surface area contributed by atoms with Crippen LogP contribution in [0.25, 0.3) is 32.7 Å². The zero-order valence-corrected chi connectivity index (χ0v) is 18.3. The van der Waals surface area contributed by atoms with Gasteiger partial charge in [-0.1, -0.05) is 91.2 Å². The van der Waals surface area contributed by atoms with Crippen molar-refractivity contribution >= 4 is 33.3 Å². The summed E-state index contributed by atoms with van der Waals surface area (Å²) < 4.78 is 11.8. The summed E-state index contributed by atoms with van der Waals surface area (Å²) >= 11 is 0. The molecule has 0 heterocycles. The number of para-hydroxylation sites is 1. The molecular weight excluding hydrogens is 422 g/mol. The summed E-state index contributed by atoms with van der Waals surface area (Å²) in [5, 5.41) is 6.76. The third-order valence-corrected chi connectivity index (χ3v) is 5.52. The first kappa shape index (κ1) is 21.1. The van der Waals surface area contributed by atoms with Crippen LogP contribution in [0.2, 0.25) is 0 Å². The highest BCUT2D eigenvalue weighted by molar-refractivity contribution is 6.10. The second kappa shape index (κ2) is 9.37. The van der Waals surface area contributed by atoms with Crippen molar-refractivity contribution in [3.63, 3.8) is 0 Å². The summed E-state index contributed by atoms with van der Waals surface area (Å²) in [5.74, 6) is 1.04. The minimum atomic E-state index is -0.573. The zero-order chi connectivity index (χ0) is 23.3. The zero-order valence-electron chi connectivity index (χ0n) is 18.3. The van der Waals surface area contributed by atoms with Crippen LogP contribution < -0.4 is 14.8 Å². The predicted octanol–water partition coefficient (Wildman–Crippen LogP) is 7.95. The van der Waals surface area contributed by atoms with E-state index in [2.05, 4.69) is 17.6 Å². The Kier molecular flexibility index (Phi) is 5.81. The molecule has 34 heavy (non-hydrogen) atoms. The van der Waals surface area contributed by atoms with Crippen molar-refractivity contribution in [2.24, 2.45) is 0 Å². The number of benzene rings is 5. The second-order valence-electron chi connectivity index (χ2n) is 7.64. The Morgan fingerprint density at radius 3 is 1.91 bits per heavy atom. The van der Waals surface area contributed by atoms with E-state index in [0.29, 0.717) is 17.2 Å². The molecule has 5 aromatic carbocycles. The molecule has 1 N–H and O–H groups in total. The summed E-state index contributed by atoms with van der Waals surface area (Å²) in [4.78, 5) is 12.8. The molecule has 0 bridgehead atoms. The van der Waals surface area contributed by atoms with Gasteiger partial charge in [-0.15, -0.1) is 0 Å². The lowest BCUT2D eigenvalue weighted by atomic mass is 9.92. The number of anilines is 1. The van der Waals surface area contributed by atoms with Crippen molar-refractivity contribution in [2.75, 3.05) is 5.32 Å². The Balaban J connectivity index is 1.72. The highest BCUT2D eigenvalue weighted by atomic mass is 16.6. The largest absolute Gasteiger partial charge is 0.456 e. The van der Waals surface area contributed by atoms with Gasteiger partial charge in [-0.3, -0.25) is 5.32 Å². The third-order valence-electron chi connectivity index (χ3n) is 5.52. The molecule has 0 saturated heterocycles. The molecular formula is C30H21NO3. The first-order chi connectivity index (χ1) is 16.7. The summed E-state index contributed by atoms with van der Waals surface area (Å²) in [7, 11) is 0. The van der Waals surface area contributed by atoms with Gasteiger partial charge in [0.2, 0.25) is 0 Å². The van der Waals surface area contributed by atoms with Crippen LogP contribution in [-0.4, -0.2) is 6.09 Å². The van der Waals surface area contributed by atoms with E-state index in [-0.39, 0.29) is 0 Å². The Morgan fingerprint density at radius 1 is 0.706 bits per heavy atom. The topological polar surface area (TPSA) is 47.6 Å². The second-order valence-corrected chi connectivity index (χ2v) is 7.64. The maximum absolute atomic E-state index is 12.8. The van der Waals surface area contributed by atoms with E-state index in [1.807, 2.05) is 91.0 Å². The molecule has 0 spiro atoms. The van der Waals surface area contributed by atoms with Gasteiger partial charge in [-0.2, -0.15) is 0 Å². The number of rotatable bonds is 5. The lowest BCUT2D eigenvalue weighted by Gasteiger charge is -2.18. The molecule has 1 amide bonds. The number of hydrogen-bond donors (Lipinski definition) is 1. The fourth-order valence-electron chi connectivity index (χ4n) is 4.07. The Labute approximate surface area is 197 Å². The van der Waals surface area contributed by atoms with Crippen LogP contribution in [0, 0.1) is 0 Å². The summed E-state index contributed by atoms with van der Waals surface area (Å²) in [6, 6.07) is 32.9. The van der Waals surface area contributed by atoms with Gasteiger partial charge in [-0.25, -0.2) is 4.79 Å². The molecule has 0 aliphatic rings. The van der Waals surface area contributed by atoms with E-state index in [0.717, 1.165) is 32.7 Å². The molecule has 0 aliphatic carbocycles. The van der Waals surface area contributed by atoms with E-state index < -0.39 is 6.09 Å². The molecule has 0 aromatic heterocycles. The molecule has 4 nitrogen and oxygen atoms in total. The number of ether oxygens (including phenoxy) is 2. The standard InChI is InChI=1S/C30H21NO3/c1-2-20-33-26-18-16-21-10-6-8-14-24(21)28(26)29-25-15-9-7-11-22(25)17-19-27(29)34-30(32)31-23-12-4-3-5-13-23/h3-20H,1H2,(H,31,32). The van der Waals surface area contributed by atoms with Gasteiger partial charge in [0.05, 0.1) is 0 Å². The fraction of sp³-hybridized carbons (Fsp3) is 0. The number of carbonyl (C=O) groups excluding carboxylic acids is 1. The number of carbonyl (C=O) groups is 1. The fourth-order valence-corrected chi connectivity index (χ4v) is 4.07. The Morgan fingerprint density at radius 2 is 1.26 bits per heavy atom. The van der Waals surface area contributed by atoms with E-state index in [1.165, 1.54) is 6.26 Å². The average Bonchev–Trinajstić information content (AvgIpc) is 2.88. The highest BCUT2D eigenvalue weighted by Gasteiger charge is 2.20. The average molecular weight is 444 g/mol. The van der Waals surface area contributed by atoms with Gasteiger partial charge in [-0.05, 0) is 45.8 Å². The minimum absolute atomic E-state index is 0.427. The first-order valence-electron chi connectivity index (χ1n) is 10.8. The first-order valence-corrected chi connectivity index (χ1v) is 10.8. The van der Waals surface area contributed by atoms with Crippen molar-refractivity contribution in [3.8, 4) is 22.6 Å². The monoisotopic (exact) mass is 443 g/mol. The lowest BCUT2D eigenvalue weighted by molar-refractivity contribution is 0.215. The number of fused-ring (bicyclic) bond motifs is 2. The van der Waals surface area contributed by atoms with Crippen molar-refractivity contribution in [1.29, 1.82) is 0 Å². The van der Waals surface area contributed by atoms with Crippen molar-refractivity contribution < 1.29 is 14.3 Å². The van der Waals surface area contributed by atoms with Crippen LogP contribution in [0.15, 0.2) is 122 Å². The van der Waals surface area contributed by atoms with Gasteiger partial charge in [0.1, 0.15) is 17.8 Å². The SMILES string of the molecule is C=C=COc1ccc2ccccc2c1-c1c(OC(=O)Nc2ccccc2)ccc2ccccc12. The molecule has 4 heteroatoms. The number of hydrogen-bond acceptors (Lipinski definition) is 3. The maximum Gasteiger partial charge on any atom is 0.417 e. The lowest BCUT2D eigenvalue weighted by Crippen LogP contribution is -2.17. The van der Waals surface area contributed by atoms with E-state index in [1.54, 1.807) is 12.1 Å². The van der Waals surface area contributed by atoms with Gasteiger partial charge < -0.3 is 9.47 Å². The molecule has 5 aromatic rings. The quantitative estimate of drug-likeness (QED) is 0.221. The van der Waals surface area contributed by atoms with Crippen LogP contribution in [0.3, 0.4) is 0 Å². The van der Waals surface area contributed by atoms with Crippen LogP contribution in [0.5, 0.6) is 11.5 Å². The summed E-state index contributed by atoms with van der Waals surface area (Å²) in [6.45, 7) is 3.60. The van der Waals surface area contributed by atoms with Crippen LogP contribution in [-0.2, 0) is 0 Å². The molecule has 0 unspecified atom stereocenters. The van der Waals surface area contributed by atoms with Crippen molar-refractivity contribution in [2.45, 2.75) is 0 Å². The number of amides is 1. The molecule has 0 saturated carbocycles. The normalized spacial score (nSPS) is 10.5. The smallest absolute Gasteiger partial charge is 0.417 e. The summed E-state index contributed by atoms with van der Waals surface area (Å²) in [6.07, 6.45) is 0.845. The van der Waals surface area contributed by atoms with Crippen molar-refractivity contribution in [3.05, 3.63) is 122 Å². The Bertz CT molecular complexity index is 1550. The van der Waals surface area contributed by atoms with Gasteiger partial charge in [0, 0.05) is 16.8 Å². The summed E-state index contributed by atoms with van der Waals surface area (Å²) in [5.41, 5.74) is 4.91. The van der Waals surface area contributed by atoms with Crippen molar-refractivity contribution in [1.82, 2.24) is 0 Å². The predicted molar refractivity (Wildman–Crippen MR) is 137 cm³/mol. The van der Waals surface area contributed by atoms with Gasteiger partial charge in [0.25, 0.3) is 0 Å². The van der Waals surface area contributed by atoms with Crippen LogP contribution in [0.4, 0.5) is 10.5 Å².